The number of aryl methyl sites for hydroxylation is 1. The lowest BCUT2D eigenvalue weighted by molar-refractivity contribution is -0.138. The van der Waals surface area contributed by atoms with Crippen LogP contribution in [0.4, 0.5) is 18.9 Å². The number of nitrogens with zero attached hydrogens (tertiary/aromatic N) is 4. The highest BCUT2D eigenvalue weighted by Crippen LogP contribution is 2.50. The predicted octanol–water partition coefficient (Wildman–Crippen LogP) is 4.79. The first kappa shape index (κ1) is 27.4. The Morgan fingerprint density at radius 3 is 2.55 bits per heavy atom. The molecule has 3 heterocycles. The maximum Gasteiger partial charge on any atom is 0.416 e. The van der Waals surface area contributed by atoms with Gasteiger partial charge >= 0.3 is 6.18 Å². The maximum atomic E-state index is 14.4. The zero-order valence-electron chi connectivity index (χ0n) is 23.6. The number of carbonyl (C=O) groups excluding carboxylic acids is 1. The number of aromatic nitrogens is 3. The zero-order chi connectivity index (χ0) is 29.3. The number of fused-ring (bicyclic) bond motifs is 2. The highest BCUT2D eigenvalue weighted by Gasteiger charge is 2.45. The summed E-state index contributed by atoms with van der Waals surface area (Å²) in [7, 11) is 1.92. The van der Waals surface area contributed by atoms with Crippen LogP contribution in [-0.4, -0.2) is 44.5 Å². The van der Waals surface area contributed by atoms with Gasteiger partial charge in [-0.2, -0.15) is 13.2 Å². The summed E-state index contributed by atoms with van der Waals surface area (Å²) in [5.74, 6) is 0.947. The topological polar surface area (TPSA) is 92.5 Å². The van der Waals surface area contributed by atoms with Crippen LogP contribution in [0.15, 0.2) is 30.6 Å². The van der Waals surface area contributed by atoms with Gasteiger partial charge in [-0.05, 0) is 72.6 Å². The Balaban J connectivity index is 1.27. The van der Waals surface area contributed by atoms with Crippen molar-refractivity contribution in [1.82, 2.24) is 20.1 Å². The summed E-state index contributed by atoms with van der Waals surface area (Å²) >= 11 is 0. The third-order valence-electron chi connectivity index (χ3n) is 9.68. The lowest BCUT2D eigenvalue weighted by Crippen LogP contribution is -2.46. The van der Waals surface area contributed by atoms with E-state index in [2.05, 4.69) is 21.6 Å². The fraction of sp³-hybridized carbons (Fsp3) is 0.516. The van der Waals surface area contributed by atoms with Crippen molar-refractivity contribution in [2.45, 2.75) is 81.6 Å². The number of hydrogen-bond donors (Lipinski definition) is 2. The molecule has 0 atom stereocenters. The van der Waals surface area contributed by atoms with Crippen LogP contribution in [0.2, 0.25) is 0 Å². The number of ether oxygens (including phenoxy) is 1. The quantitative estimate of drug-likeness (QED) is 0.417. The fourth-order valence-corrected chi connectivity index (χ4v) is 7.32. The smallest absolute Gasteiger partial charge is 0.416 e. The van der Waals surface area contributed by atoms with Gasteiger partial charge in [0.1, 0.15) is 17.9 Å². The monoisotopic (exact) mass is 581 g/mol. The Morgan fingerprint density at radius 1 is 1.10 bits per heavy atom. The van der Waals surface area contributed by atoms with E-state index in [0.29, 0.717) is 49.4 Å². The molecule has 222 valence electrons. The van der Waals surface area contributed by atoms with Crippen molar-refractivity contribution in [2.75, 3.05) is 18.1 Å². The molecule has 3 aromatic rings. The van der Waals surface area contributed by atoms with Gasteiger partial charge in [0.2, 0.25) is 0 Å². The summed E-state index contributed by atoms with van der Waals surface area (Å²) in [6.45, 7) is 0.690. The summed E-state index contributed by atoms with van der Waals surface area (Å²) < 4.78 is 51.0. The van der Waals surface area contributed by atoms with Crippen LogP contribution in [0, 0.1) is 0 Å². The molecule has 0 unspecified atom stereocenters. The minimum atomic E-state index is -4.62. The molecule has 2 aliphatic carbocycles. The molecular weight excluding hydrogens is 547 g/mol. The lowest BCUT2D eigenvalue weighted by Gasteiger charge is -2.36. The standard InChI is InChI=1S/C31H34F3N5O3/c1-38-18-36-37-28(38)30(8-2-3-9-30)21-13-20-5-10-42-26(20)25(14-21)39-16-23-22(27(39)40)11-19(12-24(23)31(32,33)34)15-35-17-29(41)6-4-7-29/h11-14,18,35,41H,2-10,15-17H2,1H3. The molecule has 2 aromatic carbocycles. The van der Waals surface area contributed by atoms with Crippen molar-refractivity contribution in [3.63, 3.8) is 0 Å². The molecule has 7 rings (SSSR count). The van der Waals surface area contributed by atoms with E-state index in [1.54, 1.807) is 12.4 Å². The van der Waals surface area contributed by atoms with E-state index in [1.165, 1.54) is 4.90 Å². The fourth-order valence-electron chi connectivity index (χ4n) is 7.32. The summed E-state index contributed by atoms with van der Waals surface area (Å²) in [5.41, 5.74) is 0.867. The number of carbonyl (C=O) groups is 1. The molecular formula is C31H34F3N5O3. The Morgan fingerprint density at radius 2 is 1.88 bits per heavy atom. The lowest BCUT2D eigenvalue weighted by atomic mass is 9.77. The molecule has 8 nitrogen and oxygen atoms in total. The SMILES string of the molecule is Cn1cnnc1C1(c2cc3c(c(N4Cc5c(cc(CNCC6(O)CCC6)cc5C(F)(F)F)C4=O)c2)OCC3)CCCC1. The average molecular weight is 582 g/mol. The van der Waals surface area contributed by atoms with E-state index in [0.717, 1.165) is 55.1 Å². The van der Waals surface area contributed by atoms with Crippen LogP contribution in [0.25, 0.3) is 0 Å². The molecule has 1 amide bonds. The van der Waals surface area contributed by atoms with Gasteiger partial charge in [0.25, 0.3) is 5.91 Å². The summed E-state index contributed by atoms with van der Waals surface area (Å²) in [4.78, 5) is 15.4. The number of benzene rings is 2. The van der Waals surface area contributed by atoms with Crippen molar-refractivity contribution in [3.05, 3.63) is 69.8 Å². The second-order valence-corrected chi connectivity index (χ2v) is 12.4. The van der Waals surface area contributed by atoms with Crippen LogP contribution in [0.3, 0.4) is 0 Å². The van der Waals surface area contributed by atoms with Crippen molar-refractivity contribution in [3.8, 4) is 5.75 Å². The first-order chi connectivity index (χ1) is 20.1. The van der Waals surface area contributed by atoms with Crippen LogP contribution < -0.4 is 15.0 Å². The Kier molecular flexibility index (Phi) is 6.40. The number of amides is 1. The molecule has 42 heavy (non-hydrogen) atoms. The van der Waals surface area contributed by atoms with E-state index in [1.807, 2.05) is 17.7 Å². The van der Waals surface area contributed by atoms with Crippen LogP contribution in [0.5, 0.6) is 5.75 Å². The number of aliphatic hydroxyl groups is 1. The summed E-state index contributed by atoms with van der Waals surface area (Å²) in [6, 6.07) is 6.75. The van der Waals surface area contributed by atoms with Gasteiger partial charge in [-0.15, -0.1) is 10.2 Å². The first-order valence-corrected chi connectivity index (χ1v) is 14.7. The second kappa shape index (κ2) is 9.80. The van der Waals surface area contributed by atoms with Crippen LogP contribution in [0.1, 0.15) is 88.9 Å². The molecule has 2 aliphatic heterocycles. The first-order valence-electron chi connectivity index (χ1n) is 14.7. The highest BCUT2D eigenvalue weighted by molar-refractivity contribution is 6.11. The number of anilines is 1. The van der Waals surface area contributed by atoms with Gasteiger partial charge in [-0.1, -0.05) is 18.9 Å². The molecule has 0 spiro atoms. The molecule has 0 saturated heterocycles. The number of hydrogen-bond acceptors (Lipinski definition) is 6. The van der Waals surface area contributed by atoms with Gasteiger partial charge in [-0.3, -0.25) is 4.79 Å². The molecule has 4 aliphatic rings. The highest BCUT2D eigenvalue weighted by atomic mass is 19.4. The Bertz CT molecular complexity index is 1560. The third-order valence-corrected chi connectivity index (χ3v) is 9.68. The number of alkyl halides is 3. The zero-order valence-corrected chi connectivity index (χ0v) is 23.6. The van der Waals surface area contributed by atoms with Crippen LogP contribution in [-0.2, 0) is 38.1 Å². The minimum Gasteiger partial charge on any atom is -0.491 e. The van der Waals surface area contributed by atoms with Gasteiger partial charge < -0.3 is 24.6 Å². The number of rotatable bonds is 7. The van der Waals surface area contributed by atoms with E-state index in [4.69, 9.17) is 4.74 Å². The van der Waals surface area contributed by atoms with Crippen molar-refractivity contribution in [1.29, 1.82) is 0 Å². The average Bonchev–Trinajstić information content (AvgIpc) is 3.74. The molecule has 0 radical (unpaired) electrons. The Hall–Kier alpha value is -3.44. The molecule has 2 saturated carbocycles. The van der Waals surface area contributed by atoms with Crippen molar-refractivity contribution >= 4 is 11.6 Å². The van der Waals surface area contributed by atoms with Gasteiger partial charge in [0, 0.05) is 32.1 Å². The van der Waals surface area contributed by atoms with Crippen molar-refractivity contribution < 1.29 is 27.8 Å². The maximum absolute atomic E-state index is 14.4. The van der Waals surface area contributed by atoms with Gasteiger partial charge in [0.05, 0.1) is 35.4 Å². The predicted molar refractivity (Wildman–Crippen MR) is 148 cm³/mol. The van der Waals surface area contributed by atoms with E-state index in [9.17, 15) is 23.1 Å². The van der Waals surface area contributed by atoms with Gasteiger partial charge in [0.15, 0.2) is 0 Å². The van der Waals surface area contributed by atoms with E-state index in [-0.39, 0.29) is 24.2 Å². The molecule has 0 bridgehead atoms. The van der Waals surface area contributed by atoms with Gasteiger partial charge in [-0.25, -0.2) is 0 Å². The van der Waals surface area contributed by atoms with Crippen molar-refractivity contribution in [2.24, 2.45) is 7.05 Å². The minimum absolute atomic E-state index is 0.0186. The second-order valence-electron chi connectivity index (χ2n) is 12.4. The summed E-state index contributed by atoms with van der Waals surface area (Å²) in [6.07, 6.45) is 3.80. The molecule has 2 fully saturated rings. The largest absolute Gasteiger partial charge is 0.491 e. The Labute approximate surface area is 241 Å². The van der Waals surface area contributed by atoms with E-state index >= 15 is 0 Å². The van der Waals surface area contributed by atoms with Crippen LogP contribution >= 0.6 is 0 Å². The third kappa shape index (κ3) is 4.40. The molecule has 11 heteroatoms. The summed E-state index contributed by atoms with van der Waals surface area (Å²) in [5, 5.41) is 22.1. The molecule has 1 aromatic heterocycles. The number of halogens is 3. The number of nitrogens with one attached hydrogen (secondary N) is 1. The normalized spacial score (nSPS) is 20.4. The van der Waals surface area contributed by atoms with E-state index < -0.39 is 28.7 Å². The molecule has 2 N–H and O–H groups in total.